The zero-order valence-electron chi connectivity index (χ0n) is 13.1. The van der Waals surface area contributed by atoms with E-state index in [0.29, 0.717) is 12.8 Å². The third-order valence-electron chi connectivity index (χ3n) is 4.78. The lowest BCUT2D eigenvalue weighted by Crippen LogP contribution is -2.32. The van der Waals surface area contributed by atoms with E-state index in [2.05, 4.69) is 24.4 Å². The third-order valence-corrected chi connectivity index (χ3v) is 4.78. The monoisotopic (exact) mass is 289 g/mol. The summed E-state index contributed by atoms with van der Waals surface area (Å²) in [6.07, 6.45) is 9.40. The fraction of sp³-hybridized carbons (Fsp3) is 0.667. The highest BCUT2D eigenvalue weighted by atomic mass is 16.7. The second-order valence-electron chi connectivity index (χ2n) is 6.54. The Kier molecular flexibility index (Phi) is 5.02. The molecule has 0 saturated heterocycles. The van der Waals surface area contributed by atoms with Gasteiger partial charge in [-0.05, 0) is 62.8 Å². The van der Waals surface area contributed by atoms with Crippen LogP contribution in [-0.4, -0.2) is 19.4 Å². The summed E-state index contributed by atoms with van der Waals surface area (Å²) >= 11 is 0. The Labute approximate surface area is 128 Å². The molecule has 1 heterocycles. The molecule has 1 N–H and O–H groups in total. The summed E-state index contributed by atoms with van der Waals surface area (Å²) in [6, 6.07) is 6.88. The van der Waals surface area contributed by atoms with E-state index in [1.165, 1.54) is 50.6 Å². The van der Waals surface area contributed by atoms with E-state index in [1.807, 2.05) is 6.07 Å². The van der Waals surface area contributed by atoms with Crippen molar-refractivity contribution in [3.8, 4) is 11.5 Å². The van der Waals surface area contributed by atoms with Gasteiger partial charge in [0.05, 0.1) is 0 Å². The molecule has 116 valence electrons. The van der Waals surface area contributed by atoms with Crippen LogP contribution in [0.4, 0.5) is 0 Å². The molecule has 3 heteroatoms. The number of hydrogen-bond acceptors (Lipinski definition) is 3. The van der Waals surface area contributed by atoms with Crippen LogP contribution in [0.3, 0.4) is 0 Å². The Bertz CT molecular complexity index is 455. The summed E-state index contributed by atoms with van der Waals surface area (Å²) < 4.78 is 10.8. The van der Waals surface area contributed by atoms with E-state index in [9.17, 15) is 0 Å². The van der Waals surface area contributed by atoms with Crippen molar-refractivity contribution in [1.82, 2.24) is 5.32 Å². The maximum Gasteiger partial charge on any atom is 0.231 e. The van der Waals surface area contributed by atoms with Crippen LogP contribution in [0, 0.1) is 5.92 Å². The lowest BCUT2D eigenvalue weighted by atomic mass is 9.89. The molecular weight excluding hydrogens is 262 g/mol. The van der Waals surface area contributed by atoms with Crippen molar-refractivity contribution >= 4 is 0 Å². The van der Waals surface area contributed by atoms with Gasteiger partial charge >= 0.3 is 0 Å². The summed E-state index contributed by atoms with van der Waals surface area (Å²) in [4.78, 5) is 0. The second kappa shape index (κ2) is 7.17. The van der Waals surface area contributed by atoms with E-state index in [0.717, 1.165) is 23.8 Å². The van der Waals surface area contributed by atoms with Gasteiger partial charge < -0.3 is 14.8 Å². The molecule has 1 saturated carbocycles. The van der Waals surface area contributed by atoms with Gasteiger partial charge in [0, 0.05) is 6.04 Å². The number of ether oxygens (including phenoxy) is 2. The maximum atomic E-state index is 5.43. The first-order valence-corrected chi connectivity index (χ1v) is 8.43. The van der Waals surface area contributed by atoms with Crippen molar-refractivity contribution in [3.05, 3.63) is 23.8 Å². The van der Waals surface area contributed by atoms with Crippen molar-refractivity contribution in [1.29, 1.82) is 0 Å². The number of rotatable bonds is 6. The molecule has 0 aromatic heterocycles. The lowest BCUT2D eigenvalue weighted by Gasteiger charge is -2.24. The van der Waals surface area contributed by atoms with Gasteiger partial charge in [0.1, 0.15) is 0 Å². The summed E-state index contributed by atoms with van der Waals surface area (Å²) in [6.45, 7) is 3.86. The number of hydrogen-bond donors (Lipinski definition) is 1. The summed E-state index contributed by atoms with van der Waals surface area (Å²) in [7, 11) is 0. The van der Waals surface area contributed by atoms with Crippen LogP contribution >= 0.6 is 0 Å². The molecule has 0 bridgehead atoms. The zero-order valence-corrected chi connectivity index (χ0v) is 13.1. The van der Waals surface area contributed by atoms with E-state index < -0.39 is 0 Å². The fourth-order valence-electron chi connectivity index (χ4n) is 3.34. The molecule has 3 nitrogen and oxygen atoms in total. The van der Waals surface area contributed by atoms with Crippen LogP contribution in [0.15, 0.2) is 18.2 Å². The summed E-state index contributed by atoms with van der Waals surface area (Å²) in [5.74, 6) is 2.68. The van der Waals surface area contributed by atoms with Crippen molar-refractivity contribution in [2.45, 2.75) is 57.9 Å². The van der Waals surface area contributed by atoms with E-state index in [4.69, 9.17) is 9.47 Å². The first-order chi connectivity index (χ1) is 10.3. The molecule has 0 spiro atoms. The summed E-state index contributed by atoms with van der Waals surface area (Å²) in [5.41, 5.74) is 1.34. The first-order valence-electron chi connectivity index (χ1n) is 8.43. The molecule has 0 radical (unpaired) electrons. The van der Waals surface area contributed by atoms with E-state index in [-0.39, 0.29) is 0 Å². The van der Waals surface area contributed by atoms with Gasteiger partial charge in [0.2, 0.25) is 6.79 Å². The number of aryl methyl sites for hydroxylation is 1. The van der Waals surface area contributed by atoms with Gasteiger partial charge in [-0.25, -0.2) is 0 Å². The zero-order chi connectivity index (χ0) is 14.5. The Balaban J connectivity index is 1.40. The van der Waals surface area contributed by atoms with Gasteiger partial charge in [-0.1, -0.05) is 25.3 Å². The molecule has 1 aromatic carbocycles. The number of benzene rings is 1. The molecular formula is C18H27NO2. The molecule has 1 atom stereocenters. The second-order valence-corrected chi connectivity index (χ2v) is 6.54. The minimum atomic E-state index is 0.359. The predicted molar refractivity (Wildman–Crippen MR) is 84.9 cm³/mol. The standard InChI is InChI=1S/C18H27NO2/c1-14(19-12-16-5-3-2-4-6-16)7-8-15-9-10-17-18(11-15)21-13-20-17/h9-11,14,16,19H,2-8,12-13H2,1H3. The Hall–Kier alpha value is -1.22. The molecule has 1 unspecified atom stereocenters. The molecule has 1 aromatic rings. The van der Waals surface area contributed by atoms with Crippen molar-refractivity contribution in [3.63, 3.8) is 0 Å². The topological polar surface area (TPSA) is 30.5 Å². The maximum absolute atomic E-state index is 5.43. The number of nitrogens with one attached hydrogen (secondary N) is 1. The van der Waals surface area contributed by atoms with Crippen LogP contribution in [0.5, 0.6) is 11.5 Å². The minimum Gasteiger partial charge on any atom is -0.454 e. The predicted octanol–water partition coefficient (Wildman–Crippen LogP) is 3.91. The number of fused-ring (bicyclic) bond motifs is 1. The van der Waals surface area contributed by atoms with Gasteiger partial charge in [0.15, 0.2) is 11.5 Å². The van der Waals surface area contributed by atoms with E-state index >= 15 is 0 Å². The highest BCUT2D eigenvalue weighted by Gasteiger charge is 2.15. The van der Waals surface area contributed by atoms with Crippen LogP contribution in [-0.2, 0) is 6.42 Å². The Morgan fingerprint density at radius 3 is 2.81 bits per heavy atom. The normalized spacial score (nSPS) is 19.7. The molecule has 1 aliphatic carbocycles. The van der Waals surface area contributed by atoms with Gasteiger partial charge in [-0.15, -0.1) is 0 Å². The SMILES string of the molecule is CC(CCc1ccc2c(c1)OCO2)NCC1CCCCC1. The first kappa shape index (κ1) is 14.7. The Morgan fingerprint density at radius 1 is 1.14 bits per heavy atom. The van der Waals surface area contributed by atoms with Crippen LogP contribution in [0.25, 0.3) is 0 Å². The molecule has 21 heavy (non-hydrogen) atoms. The highest BCUT2D eigenvalue weighted by molar-refractivity contribution is 5.44. The quantitative estimate of drug-likeness (QED) is 0.861. The molecule has 2 aliphatic rings. The third kappa shape index (κ3) is 4.13. The lowest BCUT2D eigenvalue weighted by molar-refractivity contribution is 0.174. The summed E-state index contributed by atoms with van der Waals surface area (Å²) in [5, 5.41) is 3.72. The molecule has 1 aliphatic heterocycles. The van der Waals surface area contributed by atoms with Crippen molar-refractivity contribution in [2.75, 3.05) is 13.3 Å². The molecule has 1 fully saturated rings. The average Bonchev–Trinajstić information content (AvgIpc) is 2.99. The minimum absolute atomic E-state index is 0.359. The van der Waals surface area contributed by atoms with Crippen LogP contribution < -0.4 is 14.8 Å². The highest BCUT2D eigenvalue weighted by Crippen LogP contribution is 2.32. The van der Waals surface area contributed by atoms with Crippen molar-refractivity contribution < 1.29 is 9.47 Å². The van der Waals surface area contributed by atoms with E-state index in [1.54, 1.807) is 0 Å². The largest absolute Gasteiger partial charge is 0.454 e. The fourth-order valence-corrected chi connectivity index (χ4v) is 3.34. The van der Waals surface area contributed by atoms with Crippen LogP contribution in [0.2, 0.25) is 0 Å². The molecule has 0 amide bonds. The Morgan fingerprint density at radius 2 is 1.95 bits per heavy atom. The van der Waals surface area contributed by atoms with Crippen molar-refractivity contribution in [2.24, 2.45) is 5.92 Å². The van der Waals surface area contributed by atoms with Gasteiger partial charge in [-0.3, -0.25) is 0 Å². The van der Waals surface area contributed by atoms with Crippen LogP contribution in [0.1, 0.15) is 51.0 Å². The smallest absolute Gasteiger partial charge is 0.231 e. The van der Waals surface area contributed by atoms with Gasteiger partial charge in [-0.2, -0.15) is 0 Å². The molecule has 3 rings (SSSR count). The average molecular weight is 289 g/mol. The van der Waals surface area contributed by atoms with Gasteiger partial charge in [0.25, 0.3) is 0 Å².